The van der Waals surface area contributed by atoms with Crippen molar-refractivity contribution in [3.63, 3.8) is 0 Å². The number of aromatic nitrogens is 3. The maximum Gasteiger partial charge on any atom is 0.295 e. The van der Waals surface area contributed by atoms with Gasteiger partial charge in [-0.15, -0.1) is 9.97 Å². The molecule has 0 radical (unpaired) electrons. The maximum atomic E-state index is 7.30. The molecule has 4 aromatic rings. The molecule has 0 N–H and O–H groups in total. The van der Waals surface area contributed by atoms with Crippen molar-refractivity contribution in [1.82, 2.24) is 14.5 Å². The van der Waals surface area contributed by atoms with Gasteiger partial charge in [0.2, 0.25) is 5.52 Å². The molecule has 5 nitrogen and oxygen atoms in total. The number of hydrogen-bond acceptors (Lipinski definition) is 2. The van der Waals surface area contributed by atoms with Crippen molar-refractivity contribution in [2.75, 3.05) is 0 Å². The molecule has 0 aliphatic rings. The van der Waals surface area contributed by atoms with Crippen LogP contribution in [0.1, 0.15) is 0 Å². The van der Waals surface area contributed by atoms with Crippen molar-refractivity contribution in [3.8, 4) is 16.9 Å². The molecule has 0 aliphatic heterocycles. The predicted molar refractivity (Wildman–Crippen MR) is 102 cm³/mol. The lowest BCUT2D eigenvalue weighted by atomic mass is 10.1. The van der Waals surface area contributed by atoms with Crippen molar-refractivity contribution in [2.24, 2.45) is 0 Å². The third-order valence-electron chi connectivity index (χ3n) is 3.97. The largest absolute Gasteiger partial charge is 0.370 e. The highest BCUT2D eigenvalue weighted by molar-refractivity contribution is 6.32. The third-order valence-corrected chi connectivity index (χ3v) is 4.29. The molecule has 0 aliphatic carbocycles. The smallest absolute Gasteiger partial charge is 0.295 e. The van der Waals surface area contributed by atoms with E-state index in [1.165, 1.54) is 0 Å². The maximum absolute atomic E-state index is 7.30. The minimum absolute atomic E-state index is 0.00317. The molecule has 0 spiro atoms. The van der Waals surface area contributed by atoms with Crippen LogP contribution < -0.4 is 0 Å². The van der Waals surface area contributed by atoms with Crippen molar-refractivity contribution in [1.29, 1.82) is 0 Å². The molecule has 6 heteroatoms. The second-order valence-electron chi connectivity index (χ2n) is 5.49. The molecule has 0 bridgehead atoms. The summed E-state index contributed by atoms with van der Waals surface area (Å²) in [6, 6.07) is 19.1. The molecule has 0 amide bonds. The predicted octanol–water partition coefficient (Wildman–Crippen LogP) is 5.84. The van der Waals surface area contributed by atoms with Crippen LogP contribution in [-0.4, -0.2) is 14.5 Å². The van der Waals surface area contributed by atoms with Crippen LogP contribution in [0.5, 0.6) is 0 Å². The Kier molecular flexibility index (Phi) is 3.85. The molecule has 2 aromatic heterocycles. The van der Waals surface area contributed by atoms with Gasteiger partial charge in [0.1, 0.15) is 0 Å². The van der Waals surface area contributed by atoms with Gasteiger partial charge in [0, 0.05) is 6.07 Å². The number of fused-ring (bicyclic) bond motifs is 1. The highest BCUT2D eigenvalue weighted by Gasteiger charge is 2.23. The van der Waals surface area contributed by atoms with Gasteiger partial charge in [0.15, 0.2) is 0 Å². The second kappa shape index (κ2) is 6.33. The zero-order valence-corrected chi connectivity index (χ0v) is 14.1. The van der Waals surface area contributed by atoms with Crippen LogP contribution in [0.2, 0.25) is 5.02 Å². The summed E-state index contributed by atoms with van der Waals surface area (Å²) in [6.45, 7) is 14.5. The van der Waals surface area contributed by atoms with E-state index in [-0.39, 0.29) is 11.6 Å². The van der Waals surface area contributed by atoms with Gasteiger partial charge >= 0.3 is 0 Å². The van der Waals surface area contributed by atoms with E-state index < -0.39 is 0 Å². The Morgan fingerprint density at radius 3 is 2.19 bits per heavy atom. The zero-order valence-electron chi connectivity index (χ0n) is 13.4. The number of para-hydroxylation sites is 1. The van der Waals surface area contributed by atoms with Gasteiger partial charge < -0.3 is 9.69 Å². The van der Waals surface area contributed by atoms with E-state index in [1.807, 2.05) is 59.2 Å². The Morgan fingerprint density at radius 1 is 0.846 bits per heavy atom. The minimum Gasteiger partial charge on any atom is -0.370 e. The van der Waals surface area contributed by atoms with E-state index >= 15 is 0 Å². The summed E-state index contributed by atoms with van der Waals surface area (Å²) in [7, 11) is 0. The van der Waals surface area contributed by atoms with E-state index in [9.17, 15) is 0 Å². The summed E-state index contributed by atoms with van der Waals surface area (Å²) in [6.07, 6.45) is 0. The van der Waals surface area contributed by atoms with E-state index in [1.54, 1.807) is 6.07 Å². The van der Waals surface area contributed by atoms with Crippen molar-refractivity contribution in [2.45, 2.75) is 0 Å². The van der Waals surface area contributed by atoms with E-state index in [0.717, 1.165) is 16.9 Å². The molecule has 0 atom stereocenters. The molecule has 2 aromatic carbocycles. The number of benzene rings is 2. The first-order valence-corrected chi connectivity index (χ1v) is 8.09. The number of nitrogens with zero attached hydrogens (tertiary/aromatic N) is 5. The zero-order chi connectivity index (χ0) is 18.1. The molecule has 4 rings (SSSR count). The van der Waals surface area contributed by atoms with E-state index in [2.05, 4.69) is 19.7 Å². The first kappa shape index (κ1) is 15.8. The van der Waals surface area contributed by atoms with Crippen molar-refractivity contribution < 1.29 is 0 Å². The van der Waals surface area contributed by atoms with Gasteiger partial charge in [0.25, 0.3) is 17.3 Å². The van der Waals surface area contributed by atoms with Gasteiger partial charge in [-0.1, -0.05) is 67.2 Å². The van der Waals surface area contributed by atoms with E-state index in [0.29, 0.717) is 16.2 Å². The number of hydrogen-bond donors (Lipinski definition) is 0. The third kappa shape index (κ3) is 2.48. The van der Waals surface area contributed by atoms with Crippen LogP contribution in [0.4, 0.5) is 11.6 Å². The fourth-order valence-electron chi connectivity index (χ4n) is 2.84. The Labute approximate surface area is 154 Å². The Hall–Kier alpha value is -3.67. The Morgan fingerprint density at radius 2 is 1.50 bits per heavy atom. The molecule has 0 saturated heterocycles. The Bertz CT molecular complexity index is 1210. The van der Waals surface area contributed by atoms with Crippen LogP contribution in [-0.2, 0) is 0 Å². The number of halogens is 1. The fourth-order valence-corrected chi connectivity index (χ4v) is 3.06. The monoisotopic (exact) mass is 355 g/mol. The molecular weight excluding hydrogens is 346 g/mol. The quantitative estimate of drug-likeness (QED) is 0.423. The van der Waals surface area contributed by atoms with Crippen molar-refractivity contribution >= 4 is 34.4 Å². The molecule has 0 fully saturated rings. The molecule has 0 saturated carbocycles. The first-order chi connectivity index (χ1) is 12.7. The van der Waals surface area contributed by atoms with Crippen LogP contribution in [0.25, 0.3) is 37.8 Å². The van der Waals surface area contributed by atoms with Crippen LogP contribution in [0.3, 0.4) is 0 Å². The van der Waals surface area contributed by atoms with Gasteiger partial charge in [-0.25, -0.2) is 0 Å². The molecule has 0 unspecified atom stereocenters. The van der Waals surface area contributed by atoms with Gasteiger partial charge in [-0.2, -0.15) is 0 Å². The first-order valence-electron chi connectivity index (χ1n) is 7.71. The highest BCUT2D eigenvalue weighted by atomic mass is 35.5. The molecule has 122 valence electrons. The number of rotatable bonds is 2. The van der Waals surface area contributed by atoms with Crippen LogP contribution >= 0.6 is 11.6 Å². The molecule has 26 heavy (non-hydrogen) atoms. The van der Waals surface area contributed by atoms with Crippen LogP contribution in [0, 0.1) is 13.1 Å². The molecule has 2 heterocycles. The lowest BCUT2D eigenvalue weighted by Crippen LogP contribution is -1.99. The van der Waals surface area contributed by atoms with Gasteiger partial charge in [0.05, 0.1) is 16.4 Å². The van der Waals surface area contributed by atoms with E-state index in [4.69, 9.17) is 24.7 Å². The summed E-state index contributed by atoms with van der Waals surface area (Å²) < 4.78 is 1.88. The van der Waals surface area contributed by atoms with Gasteiger partial charge in [-0.3, -0.25) is 4.57 Å². The minimum atomic E-state index is -0.0153. The topological polar surface area (TPSA) is 39.4 Å². The lowest BCUT2D eigenvalue weighted by molar-refractivity contribution is 1.10. The average molecular weight is 356 g/mol. The summed E-state index contributed by atoms with van der Waals surface area (Å²) in [5, 5.41) is 0.558. The summed E-state index contributed by atoms with van der Waals surface area (Å²) in [5.41, 5.74) is 3.58. The SMILES string of the molecule is [C-]#[N+]c1nc2cc(-c3ccccc3)n(-c3ccccc3Cl)c2nc1[N+]#[C-]. The second-order valence-corrected chi connectivity index (χ2v) is 5.89. The summed E-state index contributed by atoms with van der Waals surface area (Å²) in [4.78, 5) is 15.4. The lowest BCUT2D eigenvalue weighted by Gasteiger charge is -2.10. The van der Waals surface area contributed by atoms with Crippen molar-refractivity contribution in [3.05, 3.63) is 88.5 Å². The molecular formula is C20H10ClN5. The Balaban J connectivity index is 2.14. The summed E-state index contributed by atoms with van der Waals surface area (Å²) in [5.74, 6) is -0.0121. The average Bonchev–Trinajstić information content (AvgIpc) is 3.06. The standard InChI is InChI=1S/C20H10ClN5/c1-22-18-19(23-2)25-20-15(24-18)12-17(13-8-4-3-5-9-13)26(20)16-11-7-6-10-14(16)21/h3-12H. The summed E-state index contributed by atoms with van der Waals surface area (Å²) >= 11 is 6.43. The van der Waals surface area contributed by atoms with Gasteiger partial charge in [-0.05, 0) is 17.7 Å². The fraction of sp³-hybridized carbons (Fsp3) is 0. The highest BCUT2D eigenvalue weighted by Crippen LogP contribution is 2.35. The normalized spacial score (nSPS) is 10.4. The van der Waals surface area contributed by atoms with Crippen LogP contribution in [0.15, 0.2) is 60.7 Å².